The summed E-state index contributed by atoms with van der Waals surface area (Å²) in [5.41, 5.74) is 1.31. The van der Waals surface area contributed by atoms with Gasteiger partial charge in [-0.15, -0.1) is 0 Å². The summed E-state index contributed by atoms with van der Waals surface area (Å²) < 4.78 is 5.53. The first-order valence-corrected chi connectivity index (χ1v) is 6.73. The topological polar surface area (TPSA) is 75.7 Å². The van der Waals surface area contributed by atoms with E-state index in [0.717, 1.165) is 18.5 Å². The second-order valence-electron chi connectivity index (χ2n) is 4.66. The maximum atomic E-state index is 5.83. The Hall–Kier alpha value is -1.40. The third-order valence-corrected chi connectivity index (χ3v) is 2.81. The molecule has 19 heavy (non-hydrogen) atoms. The highest BCUT2D eigenvalue weighted by Crippen LogP contribution is 2.18. The van der Waals surface area contributed by atoms with Crippen LogP contribution in [-0.4, -0.2) is 39.7 Å². The van der Waals surface area contributed by atoms with Gasteiger partial charge in [-0.3, -0.25) is 0 Å². The lowest BCUT2D eigenvalue weighted by Crippen LogP contribution is -2.12. The zero-order valence-electron chi connectivity index (χ0n) is 11.1. The molecule has 0 aromatic carbocycles. The van der Waals surface area contributed by atoms with Crippen molar-refractivity contribution in [2.24, 2.45) is 5.92 Å². The van der Waals surface area contributed by atoms with Gasteiger partial charge in [0, 0.05) is 13.2 Å². The smallest absolute Gasteiger partial charge is 0.226 e. The van der Waals surface area contributed by atoms with Crippen molar-refractivity contribution in [3.63, 3.8) is 0 Å². The molecule has 2 N–H and O–H groups in total. The zero-order valence-corrected chi connectivity index (χ0v) is 11.9. The van der Waals surface area contributed by atoms with Crippen LogP contribution >= 0.6 is 11.6 Å². The molecule has 0 aliphatic rings. The number of hydrogen-bond acceptors (Lipinski definition) is 5. The van der Waals surface area contributed by atoms with Crippen molar-refractivity contribution in [1.82, 2.24) is 19.9 Å². The quantitative estimate of drug-likeness (QED) is 0.603. The van der Waals surface area contributed by atoms with E-state index in [1.54, 1.807) is 6.33 Å². The van der Waals surface area contributed by atoms with Gasteiger partial charge >= 0.3 is 0 Å². The minimum atomic E-state index is 0.183. The molecular weight excluding hydrogens is 266 g/mol. The van der Waals surface area contributed by atoms with Crippen LogP contribution in [0.4, 0.5) is 5.82 Å². The predicted octanol–water partition coefficient (Wildman–Crippen LogP) is 2.48. The van der Waals surface area contributed by atoms with E-state index in [4.69, 9.17) is 16.3 Å². The molecule has 7 heteroatoms. The number of aromatic nitrogens is 4. The van der Waals surface area contributed by atoms with Gasteiger partial charge in [-0.25, -0.2) is 4.98 Å². The number of halogens is 1. The van der Waals surface area contributed by atoms with Crippen molar-refractivity contribution in [3.05, 3.63) is 11.6 Å². The van der Waals surface area contributed by atoms with Crippen LogP contribution in [0.3, 0.4) is 0 Å². The minimum absolute atomic E-state index is 0.183. The van der Waals surface area contributed by atoms with Crippen molar-refractivity contribution in [2.75, 3.05) is 25.1 Å². The van der Waals surface area contributed by atoms with E-state index in [1.165, 1.54) is 0 Å². The number of ether oxygens (including phenoxy) is 1. The molecule has 0 aliphatic heterocycles. The largest absolute Gasteiger partial charge is 0.380 e. The van der Waals surface area contributed by atoms with Crippen LogP contribution in [0.25, 0.3) is 11.2 Å². The molecule has 0 saturated carbocycles. The van der Waals surface area contributed by atoms with Gasteiger partial charge in [0.1, 0.15) is 5.52 Å². The lowest BCUT2D eigenvalue weighted by Gasteiger charge is -2.08. The molecule has 0 saturated heterocycles. The molecular formula is C12H18ClN5O. The number of H-pyrrole nitrogens is 1. The van der Waals surface area contributed by atoms with Gasteiger partial charge in [0.25, 0.3) is 0 Å². The van der Waals surface area contributed by atoms with Crippen LogP contribution in [0, 0.1) is 5.92 Å². The summed E-state index contributed by atoms with van der Waals surface area (Å²) in [5, 5.41) is 3.35. The second kappa shape index (κ2) is 6.68. The minimum Gasteiger partial charge on any atom is -0.380 e. The molecule has 0 unspecified atom stereocenters. The van der Waals surface area contributed by atoms with Gasteiger partial charge in [-0.2, -0.15) is 9.97 Å². The highest BCUT2D eigenvalue weighted by atomic mass is 35.5. The molecule has 2 aromatic rings. The fourth-order valence-corrected chi connectivity index (χ4v) is 1.76. The van der Waals surface area contributed by atoms with Crippen molar-refractivity contribution < 1.29 is 4.74 Å². The van der Waals surface area contributed by atoms with Gasteiger partial charge in [-0.05, 0) is 23.9 Å². The van der Waals surface area contributed by atoms with Gasteiger partial charge in [-0.1, -0.05) is 13.8 Å². The fraction of sp³-hybridized carbons (Fsp3) is 0.583. The first-order valence-electron chi connectivity index (χ1n) is 6.35. The number of nitrogens with one attached hydrogen (secondary N) is 2. The monoisotopic (exact) mass is 283 g/mol. The molecule has 0 spiro atoms. The van der Waals surface area contributed by atoms with E-state index in [-0.39, 0.29) is 5.28 Å². The van der Waals surface area contributed by atoms with Crippen molar-refractivity contribution in [3.8, 4) is 0 Å². The first-order chi connectivity index (χ1) is 9.16. The second-order valence-corrected chi connectivity index (χ2v) is 5.00. The SMILES string of the molecule is CC(C)CCOCCNc1nc(Cl)nc2nc[nH]c12. The highest BCUT2D eigenvalue weighted by Gasteiger charge is 2.07. The number of imidazole rings is 1. The summed E-state index contributed by atoms with van der Waals surface area (Å²) in [6.45, 7) is 6.44. The Morgan fingerprint density at radius 2 is 2.21 bits per heavy atom. The van der Waals surface area contributed by atoms with Crippen LogP contribution in [-0.2, 0) is 4.74 Å². The molecule has 0 fully saturated rings. The van der Waals surface area contributed by atoms with Crippen LogP contribution in [0.2, 0.25) is 5.28 Å². The van der Waals surface area contributed by atoms with Gasteiger partial charge in [0.15, 0.2) is 11.5 Å². The molecule has 2 aromatic heterocycles. The van der Waals surface area contributed by atoms with E-state index in [0.29, 0.717) is 30.5 Å². The number of fused-ring (bicyclic) bond motifs is 1. The normalized spacial score (nSPS) is 11.4. The van der Waals surface area contributed by atoms with E-state index in [2.05, 4.69) is 39.1 Å². The van der Waals surface area contributed by atoms with Gasteiger partial charge in [0.2, 0.25) is 5.28 Å². The summed E-state index contributed by atoms with van der Waals surface area (Å²) in [7, 11) is 0. The van der Waals surface area contributed by atoms with Gasteiger partial charge in [0.05, 0.1) is 12.9 Å². The average molecular weight is 284 g/mol. The first kappa shape index (κ1) is 14.0. The Morgan fingerprint density at radius 3 is 3.00 bits per heavy atom. The number of hydrogen-bond donors (Lipinski definition) is 2. The number of anilines is 1. The summed E-state index contributed by atoms with van der Waals surface area (Å²) >= 11 is 5.83. The maximum Gasteiger partial charge on any atom is 0.226 e. The highest BCUT2D eigenvalue weighted by molar-refractivity contribution is 6.28. The summed E-state index contributed by atoms with van der Waals surface area (Å²) in [6.07, 6.45) is 2.64. The molecule has 0 radical (unpaired) electrons. The Bertz CT molecular complexity index is 528. The lowest BCUT2D eigenvalue weighted by atomic mass is 10.1. The maximum absolute atomic E-state index is 5.83. The van der Waals surface area contributed by atoms with Crippen molar-refractivity contribution >= 4 is 28.6 Å². The third kappa shape index (κ3) is 4.04. The van der Waals surface area contributed by atoms with Gasteiger partial charge < -0.3 is 15.0 Å². The number of nitrogens with zero attached hydrogens (tertiary/aromatic N) is 3. The fourth-order valence-electron chi connectivity index (χ4n) is 1.60. The Balaban J connectivity index is 1.83. The lowest BCUT2D eigenvalue weighted by molar-refractivity contribution is 0.132. The standard InChI is InChI=1S/C12H18ClN5O/c1-8(2)3-5-19-6-4-14-10-9-11(16-7-15-9)18-12(13)17-10/h7-8H,3-6H2,1-2H3,(H2,14,15,16,17,18). The molecule has 2 heterocycles. The Morgan fingerprint density at radius 1 is 1.37 bits per heavy atom. The molecule has 6 nitrogen and oxygen atoms in total. The molecule has 0 amide bonds. The van der Waals surface area contributed by atoms with Crippen LogP contribution in [0.1, 0.15) is 20.3 Å². The molecule has 0 bridgehead atoms. The molecule has 0 atom stereocenters. The molecule has 0 aliphatic carbocycles. The van der Waals surface area contributed by atoms with Crippen LogP contribution < -0.4 is 5.32 Å². The van der Waals surface area contributed by atoms with Crippen molar-refractivity contribution in [2.45, 2.75) is 20.3 Å². The zero-order chi connectivity index (χ0) is 13.7. The predicted molar refractivity (Wildman–Crippen MR) is 75.5 cm³/mol. The van der Waals surface area contributed by atoms with E-state index >= 15 is 0 Å². The third-order valence-electron chi connectivity index (χ3n) is 2.64. The van der Waals surface area contributed by atoms with Crippen LogP contribution in [0.15, 0.2) is 6.33 Å². The summed E-state index contributed by atoms with van der Waals surface area (Å²) in [6, 6.07) is 0. The van der Waals surface area contributed by atoms with E-state index in [9.17, 15) is 0 Å². The Kier molecular flexibility index (Phi) is 4.93. The number of aromatic amines is 1. The summed E-state index contributed by atoms with van der Waals surface area (Å²) in [5.74, 6) is 1.32. The van der Waals surface area contributed by atoms with Crippen molar-refractivity contribution in [1.29, 1.82) is 0 Å². The number of rotatable bonds is 7. The molecule has 104 valence electrons. The molecule has 2 rings (SSSR count). The van der Waals surface area contributed by atoms with E-state index < -0.39 is 0 Å². The van der Waals surface area contributed by atoms with Crippen LogP contribution in [0.5, 0.6) is 0 Å². The van der Waals surface area contributed by atoms with E-state index in [1.807, 2.05) is 0 Å². The Labute approximate surface area is 117 Å². The average Bonchev–Trinajstić information content (AvgIpc) is 2.80. The summed E-state index contributed by atoms with van der Waals surface area (Å²) in [4.78, 5) is 15.2.